The largest absolute Gasteiger partial charge is 0.492 e. The Hall–Kier alpha value is -2.58. The van der Waals surface area contributed by atoms with E-state index in [9.17, 15) is 13.2 Å². The van der Waals surface area contributed by atoms with Crippen molar-refractivity contribution in [1.29, 1.82) is 0 Å². The summed E-state index contributed by atoms with van der Waals surface area (Å²) in [6.45, 7) is 6.33. The van der Waals surface area contributed by atoms with E-state index in [1.165, 1.54) is 10.4 Å². The molecule has 0 spiro atoms. The number of nitrogens with zero attached hydrogens (tertiary/aromatic N) is 1. The molecule has 0 atom stereocenters. The molecule has 27 heavy (non-hydrogen) atoms. The molecule has 7 nitrogen and oxygen atoms in total. The number of nitrogen functional groups attached to an aromatic ring is 1. The van der Waals surface area contributed by atoms with Crippen LogP contribution in [0.5, 0.6) is 5.75 Å². The third kappa shape index (κ3) is 4.78. The quantitative estimate of drug-likeness (QED) is 0.674. The first-order valence-corrected chi connectivity index (χ1v) is 10.2. The summed E-state index contributed by atoms with van der Waals surface area (Å²) in [7, 11) is -3.75. The highest BCUT2D eigenvalue weighted by molar-refractivity contribution is 7.89. The molecule has 0 aliphatic heterocycles. The summed E-state index contributed by atoms with van der Waals surface area (Å²) in [5.41, 5.74) is 6.92. The zero-order valence-electron chi connectivity index (χ0n) is 15.7. The average molecular weight is 391 g/mol. The van der Waals surface area contributed by atoms with E-state index < -0.39 is 10.0 Å². The van der Waals surface area contributed by atoms with Crippen LogP contribution in [0.15, 0.2) is 47.4 Å². The van der Waals surface area contributed by atoms with Crippen LogP contribution < -0.4 is 15.8 Å². The molecule has 2 aromatic rings. The number of hydrogen-bond donors (Lipinski definition) is 2. The zero-order chi connectivity index (χ0) is 20.0. The number of benzene rings is 2. The van der Waals surface area contributed by atoms with Crippen molar-refractivity contribution >= 4 is 27.3 Å². The summed E-state index contributed by atoms with van der Waals surface area (Å²) in [5.74, 6) is -0.121. The lowest BCUT2D eigenvalue weighted by molar-refractivity contribution is 0.102. The molecule has 0 saturated heterocycles. The van der Waals surface area contributed by atoms with Crippen LogP contribution in [0.1, 0.15) is 31.1 Å². The van der Waals surface area contributed by atoms with Crippen LogP contribution in [-0.2, 0) is 10.0 Å². The number of hydrogen-bond acceptors (Lipinski definition) is 5. The Morgan fingerprint density at radius 2 is 1.81 bits per heavy atom. The van der Waals surface area contributed by atoms with Crippen molar-refractivity contribution in [2.24, 2.45) is 0 Å². The predicted molar refractivity (Wildman–Crippen MR) is 107 cm³/mol. The molecular weight excluding hydrogens is 366 g/mol. The molecule has 0 fully saturated rings. The molecule has 0 heterocycles. The van der Waals surface area contributed by atoms with Crippen LogP contribution in [0, 0.1) is 0 Å². The Kier molecular flexibility index (Phi) is 6.81. The zero-order valence-corrected chi connectivity index (χ0v) is 16.5. The molecule has 0 aliphatic carbocycles. The number of sulfonamides is 1. The standard InChI is InChI=1S/C19H25N3O4S/c1-4-22(5-2)27(24,25)18-13-16(10-11-17(18)26-6-3)21-19(23)14-8-7-9-15(20)12-14/h7-13H,4-6,20H2,1-3H3,(H,21,23). The number of ether oxygens (including phenoxy) is 1. The van der Waals surface area contributed by atoms with Gasteiger partial charge in [-0.2, -0.15) is 4.31 Å². The molecular formula is C19H25N3O4S. The summed E-state index contributed by atoms with van der Waals surface area (Å²) in [4.78, 5) is 12.5. The van der Waals surface area contributed by atoms with Crippen molar-refractivity contribution < 1.29 is 17.9 Å². The van der Waals surface area contributed by atoms with Gasteiger partial charge < -0.3 is 15.8 Å². The molecule has 0 unspecified atom stereocenters. The Labute approximate surface area is 160 Å². The topological polar surface area (TPSA) is 102 Å². The first kappa shape index (κ1) is 20.7. The van der Waals surface area contributed by atoms with E-state index in [1.54, 1.807) is 57.2 Å². The fraction of sp³-hybridized carbons (Fsp3) is 0.316. The Morgan fingerprint density at radius 3 is 2.41 bits per heavy atom. The normalized spacial score (nSPS) is 11.4. The van der Waals surface area contributed by atoms with Crippen molar-refractivity contribution in [1.82, 2.24) is 4.31 Å². The molecule has 0 saturated carbocycles. The van der Waals surface area contributed by atoms with Gasteiger partial charge in [0.25, 0.3) is 5.91 Å². The first-order chi connectivity index (χ1) is 12.8. The molecule has 2 rings (SSSR count). The predicted octanol–water partition coefficient (Wildman–Crippen LogP) is 2.95. The van der Waals surface area contributed by atoms with E-state index in [4.69, 9.17) is 10.5 Å². The molecule has 0 radical (unpaired) electrons. The summed E-state index contributed by atoms with van der Waals surface area (Å²) < 4.78 is 32.7. The van der Waals surface area contributed by atoms with E-state index in [0.717, 1.165) is 0 Å². The van der Waals surface area contributed by atoms with Crippen LogP contribution in [0.2, 0.25) is 0 Å². The van der Waals surface area contributed by atoms with E-state index in [0.29, 0.717) is 36.6 Å². The van der Waals surface area contributed by atoms with Gasteiger partial charge in [0.15, 0.2) is 0 Å². The number of nitrogens with one attached hydrogen (secondary N) is 1. The average Bonchev–Trinajstić information content (AvgIpc) is 2.63. The van der Waals surface area contributed by atoms with Crippen molar-refractivity contribution in [2.45, 2.75) is 25.7 Å². The molecule has 8 heteroatoms. The highest BCUT2D eigenvalue weighted by Gasteiger charge is 2.26. The number of rotatable bonds is 8. The Morgan fingerprint density at radius 1 is 1.11 bits per heavy atom. The van der Waals surface area contributed by atoms with Crippen LogP contribution in [0.3, 0.4) is 0 Å². The van der Waals surface area contributed by atoms with Gasteiger partial charge in [-0.1, -0.05) is 19.9 Å². The van der Waals surface area contributed by atoms with E-state index >= 15 is 0 Å². The second-order valence-electron chi connectivity index (χ2n) is 5.76. The Balaban J connectivity index is 2.41. The third-order valence-electron chi connectivity index (χ3n) is 3.97. The van der Waals surface area contributed by atoms with Gasteiger partial charge >= 0.3 is 0 Å². The first-order valence-electron chi connectivity index (χ1n) is 8.77. The maximum atomic E-state index is 13.0. The minimum Gasteiger partial charge on any atom is -0.492 e. The van der Waals surface area contributed by atoms with Crippen molar-refractivity contribution in [2.75, 3.05) is 30.7 Å². The van der Waals surface area contributed by atoms with E-state index in [2.05, 4.69) is 5.32 Å². The lowest BCUT2D eigenvalue weighted by Gasteiger charge is -2.21. The maximum absolute atomic E-state index is 13.0. The third-order valence-corrected chi connectivity index (χ3v) is 6.04. The van der Waals surface area contributed by atoms with Crippen LogP contribution >= 0.6 is 0 Å². The highest BCUT2D eigenvalue weighted by Crippen LogP contribution is 2.30. The minimum absolute atomic E-state index is 0.0263. The molecule has 1 amide bonds. The summed E-state index contributed by atoms with van der Waals surface area (Å²) in [6, 6.07) is 11.1. The number of carbonyl (C=O) groups excluding carboxylic acids is 1. The number of anilines is 2. The lowest BCUT2D eigenvalue weighted by atomic mass is 10.2. The van der Waals surface area contributed by atoms with Gasteiger partial charge in [-0.3, -0.25) is 4.79 Å². The van der Waals surface area contributed by atoms with Gasteiger partial charge in [-0.15, -0.1) is 0 Å². The molecule has 0 bridgehead atoms. The summed E-state index contributed by atoms with van der Waals surface area (Å²) >= 11 is 0. The van der Waals surface area contributed by atoms with Crippen LogP contribution in [0.4, 0.5) is 11.4 Å². The van der Waals surface area contributed by atoms with Gasteiger partial charge in [0.05, 0.1) is 6.61 Å². The molecule has 0 aliphatic rings. The smallest absolute Gasteiger partial charge is 0.255 e. The van der Waals surface area contributed by atoms with Crippen LogP contribution in [-0.4, -0.2) is 38.3 Å². The number of nitrogens with two attached hydrogens (primary N) is 1. The lowest BCUT2D eigenvalue weighted by Crippen LogP contribution is -2.31. The van der Waals surface area contributed by atoms with Gasteiger partial charge in [0, 0.05) is 30.0 Å². The maximum Gasteiger partial charge on any atom is 0.255 e. The number of carbonyl (C=O) groups is 1. The SMILES string of the molecule is CCOc1ccc(NC(=O)c2cccc(N)c2)cc1S(=O)(=O)N(CC)CC. The minimum atomic E-state index is -3.75. The van der Waals surface area contributed by atoms with Crippen molar-refractivity contribution in [3.8, 4) is 5.75 Å². The second-order valence-corrected chi connectivity index (χ2v) is 7.67. The number of amides is 1. The fourth-order valence-electron chi connectivity index (χ4n) is 2.65. The van der Waals surface area contributed by atoms with Gasteiger partial charge in [0.2, 0.25) is 10.0 Å². The fourth-order valence-corrected chi connectivity index (χ4v) is 4.26. The summed E-state index contributed by atoms with van der Waals surface area (Å²) in [5, 5.41) is 2.71. The highest BCUT2D eigenvalue weighted by atomic mass is 32.2. The van der Waals surface area contributed by atoms with E-state index in [-0.39, 0.29) is 16.6 Å². The van der Waals surface area contributed by atoms with Crippen LogP contribution in [0.25, 0.3) is 0 Å². The summed E-state index contributed by atoms with van der Waals surface area (Å²) in [6.07, 6.45) is 0. The molecule has 146 valence electrons. The van der Waals surface area contributed by atoms with Gasteiger partial charge in [0.1, 0.15) is 10.6 Å². The molecule has 3 N–H and O–H groups in total. The Bertz CT molecular complexity index is 909. The van der Waals surface area contributed by atoms with Gasteiger partial charge in [-0.05, 0) is 43.3 Å². The molecule has 2 aromatic carbocycles. The monoisotopic (exact) mass is 391 g/mol. The van der Waals surface area contributed by atoms with Gasteiger partial charge in [-0.25, -0.2) is 8.42 Å². The van der Waals surface area contributed by atoms with Crippen molar-refractivity contribution in [3.63, 3.8) is 0 Å². The molecule has 0 aromatic heterocycles. The second kappa shape index (κ2) is 8.88. The van der Waals surface area contributed by atoms with Crippen molar-refractivity contribution in [3.05, 3.63) is 48.0 Å². The van der Waals surface area contributed by atoms with E-state index in [1.807, 2.05) is 0 Å².